The van der Waals surface area contributed by atoms with Gasteiger partial charge in [0, 0.05) is 0 Å². The van der Waals surface area contributed by atoms with Gasteiger partial charge in [-0.25, -0.2) is 0 Å². The summed E-state index contributed by atoms with van der Waals surface area (Å²) in [5, 5.41) is 0. The highest BCUT2D eigenvalue weighted by Crippen LogP contribution is 2.27. The van der Waals surface area contributed by atoms with Gasteiger partial charge in [-0.1, -0.05) is 73.6 Å². The minimum Gasteiger partial charge on any atom is -0.0649 e. The molecule has 0 aliphatic rings. The third kappa shape index (κ3) is 10.5. The number of hydrogen-bond donors (Lipinski definition) is 0. The Bertz CT molecular complexity index is 159. The molecule has 0 rings (SSSR count). The molecule has 0 aromatic heterocycles. The second-order valence-electron chi connectivity index (χ2n) is 7.15. The molecule has 0 aliphatic carbocycles. The van der Waals surface area contributed by atoms with Crippen LogP contribution in [-0.2, 0) is 0 Å². The van der Waals surface area contributed by atoms with E-state index in [0.29, 0.717) is 10.8 Å². The summed E-state index contributed by atoms with van der Waals surface area (Å²) in [7, 11) is 0. The summed E-state index contributed by atoms with van der Waals surface area (Å²) in [5.74, 6) is 0. The summed E-state index contributed by atoms with van der Waals surface area (Å²) < 4.78 is 0. The highest BCUT2D eigenvalue weighted by molar-refractivity contribution is 4.71. The van der Waals surface area contributed by atoms with Crippen LogP contribution in [0, 0.1) is 17.3 Å². The number of unbranched alkanes of at least 4 members (excludes halogenated alkanes) is 4. The van der Waals surface area contributed by atoms with Crippen LogP contribution in [-0.4, -0.2) is 0 Å². The molecule has 0 bridgehead atoms. The van der Waals surface area contributed by atoms with Gasteiger partial charge in [0.1, 0.15) is 0 Å². The predicted molar refractivity (Wildman–Crippen MR) is 75.5 cm³/mol. The van der Waals surface area contributed by atoms with Crippen molar-refractivity contribution in [2.75, 3.05) is 0 Å². The van der Waals surface area contributed by atoms with E-state index in [0.717, 1.165) is 0 Å². The summed E-state index contributed by atoms with van der Waals surface area (Å²) >= 11 is 0. The van der Waals surface area contributed by atoms with E-state index in [-0.39, 0.29) is 0 Å². The molecule has 0 fully saturated rings. The van der Waals surface area contributed by atoms with Crippen molar-refractivity contribution >= 4 is 0 Å². The van der Waals surface area contributed by atoms with Crippen LogP contribution in [0.15, 0.2) is 0 Å². The second kappa shape index (κ2) is 7.35. The highest BCUT2D eigenvalue weighted by Gasteiger charge is 2.13. The SMILES string of the molecule is CCC(C)(C)CCC[CH]CCCC(C)(C)C. The van der Waals surface area contributed by atoms with Gasteiger partial charge in [-0.05, 0) is 30.1 Å². The molecule has 0 heteroatoms. The van der Waals surface area contributed by atoms with E-state index in [1.165, 1.54) is 44.9 Å². The summed E-state index contributed by atoms with van der Waals surface area (Å²) in [5.41, 5.74) is 1.07. The average Bonchev–Trinajstić information content (AvgIpc) is 2.14. The van der Waals surface area contributed by atoms with Gasteiger partial charge in [0.15, 0.2) is 0 Å². The fourth-order valence-electron chi connectivity index (χ4n) is 1.82. The van der Waals surface area contributed by atoms with Gasteiger partial charge < -0.3 is 0 Å². The Morgan fingerprint density at radius 2 is 1.31 bits per heavy atom. The maximum Gasteiger partial charge on any atom is -0.0357 e. The minimum atomic E-state index is 0.512. The monoisotopic (exact) mass is 225 g/mol. The van der Waals surface area contributed by atoms with Gasteiger partial charge >= 0.3 is 0 Å². The molecule has 97 valence electrons. The van der Waals surface area contributed by atoms with Crippen molar-refractivity contribution in [3.8, 4) is 0 Å². The first-order valence-corrected chi connectivity index (χ1v) is 7.08. The molecule has 1 radical (unpaired) electrons. The lowest BCUT2D eigenvalue weighted by atomic mass is 9.84. The van der Waals surface area contributed by atoms with Crippen LogP contribution in [0.25, 0.3) is 0 Å². The number of hydrogen-bond acceptors (Lipinski definition) is 0. The molecule has 0 aromatic carbocycles. The zero-order valence-electron chi connectivity index (χ0n) is 12.5. The Kier molecular flexibility index (Phi) is 7.35. The van der Waals surface area contributed by atoms with E-state index in [1.54, 1.807) is 0 Å². The van der Waals surface area contributed by atoms with E-state index >= 15 is 0 Å². The zero-order valence-corrected chi connectivity index (χ0v) is 12.5. The first-order valence-electron chi connectivity index (χ1n) is 7.08. The molecule has 0 unspecified atom stereocenters. The lowest BCUT2D eigenvalue weighted by molar-refractivity contribution is 0.311. The molecule has 0 atom stereocenters. The van der Waals surface area contributed by atoms with Crippen LogP contribution >= 0.6 is 0 Å². The molecular formula is C16H33. The Morgan fingerprint density at radius 1 is 0.812 bits per heavy atom. The molecule has 0 N–H and O–H groups in total. The molecular weight excluding hydrogens is 192 g/mol. The third-order valence-corrected chi connectivity index (χ3v) is 3.55. The van der Waals surface area contributed by atoms with Crippen LogP contribution in [0.1, 0.15) is 86.5 Å². The minimum absolute atomic E-state index is 0.512. The fourth-order valence-corrected chi connectivity index (χ4v) is 1.82. The summed E-state index contributed by atoms with van der Waals surface area (Å²) in [6.07, 6.45) is 11.9. The Labute approximate surface area is 104 Å². The topological polar surface area (TPSA) is 0 Å². The molecule has 16 heavy (non-hydrogen) atoms. The van der Waals surface area contributed by atoms with Crippen molar-refractivity contribution in [3.63, 3.8) is 0 Å². The maximum atomic E-state index is 2.50. The Hall–Kier alpha value is 0. The maximum absolute atomic E-state index is 2.50. The normalized spacial score (nSPS) is 13.1. The standard InChI is InChI=1S/C16H33/c1-7-16(5,6)14-12-10-8-9-11-13-15(2,3)4/h8H,7,9-14H2,1-6H3. The van der Waals surface area contributed by atoms with Gasteiger partial charge in [0.2, 0.25) is 0 Å². The second-order valence-corrected chi connectivity index (χ2v) is 7.15. The molecule has 0 heterocycles. The van der Waals surface area contributed by atoms with Crippen LogP contribution in [0.3, 0.4) is 0 Å². The molecule has 0 saturated heterocycles. The quantitative estimate of drug-likeness (QED) is 0.443. The molecule has 0 aliphatic heterocycles. The van der Waals surface area contributed by atoms with E-state index in [2.05, 4.69) is 48.0 Å². The van der Waals surface area contributed by atoms with Gasteiger partial charge in [-0.2, -0.15) is 0 Å². The molecule has 0 nitrogen and oxygen atoms in total. The zero-order chi connectivity index (χ0) is 12.7. The van der Waals surface area contributed by atoms with Crippen molar-refractivity contribution in [3.05, 3.63) is 6.42 Å². The van der Waals surface area contributed by atoms with Gasteiger partial charge in [0.25, 0.3) is 0 Å². The highest BCUT2D eigenvalue weighted by atomic mass is 14.2. The van der Waals surface area contributed by atoms with Crippen LogP contribution in [0.2, 0.25) is 0 Å². The summed E-state index contributed by atoms with van der Waals surface area (Å²) in [4.78, 5) is 0. The summed E-state index contributed by atoms with van der Waals surface area (Å²) in [6.45, 7) is 14.1. The summed E-state index contributed by atoms with van der Waals surface area (Å²) in [6, 6.07) is 0. The largest absolute Gasteiger partial charge is 0.0649 e. The van der Waals surface area contributed by atoms with Crippen molar-refractivity contribution in [2.24, 2.45) is 10.8 Å². The third-order valence-electron chi connectivity index (χ3n) is 3.55. The predicted octanol–water partition coefficient (Wildman–Crippen LogP) is 6.01. The fraction of sp³-hybridized carbons (Fsp3) is 0.938. The van der Waals surface area contributed by atoms with E-state index < -0.39 is 0 Å². The van der Waals surface area contributed by atoms with Crippen LogP contribution < -0.4 is 0 Å². The van der Waals surface area contributed by atoms with Crippen molar-refractivity contribution < 1.29 is 0 Å². The first-order chi connectivity index (χ1) is 7.27. The smallest absolute Gasteiger partial charge is 0.0357 e. The number of rotatable bonds is 8. The van der Waals surface area contributed by atoms with E-state index in [1.807, 2.05) is 0 Å². The molecule has 0 saturated carbocycles. The van der Waals surface area contributed by atoms with Crippen LogP contribution in [0.5, 0.6) is 0 Å². The first kappa shape index (κ1) is 16.0. The van der Waals surface area contributed by atoms with E-state index in [4.69, 9.17) is 0 Å². The van der Waals surface area contributed by atoms with Gasteiger partial charge in [-0.15, -0.1) is 0 Å². The van der Waals surface area contributed by atoms with Crippen molar-refractivity contribution in [1.82, 2.24) is 0 Å². The van der Waals surface area contributed by atoms with Crippen LogP contribution in [0.4, 0.5) is 0 Å². The lowest BCUT2D eigenvalue weighted by Crippen LogP contribution is -2.08. The van der Waals surface area contributed by atoms with Crippen molar-refractivity contribution in [2.45, 2.75) is 86.5 Å². The Balaban J connectivity index is 3.29. The molecule has 0 amide bonds. The van der Waals surface area contributed by atoms with Gasteiger partial charge in [-0.3, -0.25) is 0 Å². The molecule has 0 aromatic rings. The Morgan fingerprint density at radius 3 is 1.75 bits per heavy atom. The molecule has 0 spiro atoms. The van der Waals surface area contributed by atoms with E-state index in [9.17, 15) is 0 Å². The van der Waals surface area contributed by atoms with Gasteiger partial charge in [0.05, 0.1) is 0 Å². The average molecular weight is 225 g/mol. The van der Waals surface area contributed by atoms with Crippen molar-refractivity contribution in [1.29, 1.82) is 0 Å². The lowest BCUT2D eigenvalue weighted by Gasteiger charge is -2.22.